The quantitative estimate of drug-likeness (QED) is 0.115. The van der Waals surface area contributed by atoms with E-state index in [-0.39, 0.29) is 114 Å². The number of fused-ring (bicyclic) bond motifs is 6. The van der Waals surface area contributed by atoms with Crippen molar-refractivity contribution in [1.29, 1.82) is 0 Å². The molecule has 120 heavy (non-hydrogen) atoms. The van der Waals surface area contributed by atoms with Crippen LogP contribution in [-0.4, -0.2) is 52.6 Å². The van der Waals surface area contributed by atoms with Crippen LogP contribution in [-0.2, 0) is 114 Å². The van der Waals surface area contributed by atoms with Crippen LogP contribution < -0.4 is 0 Å². The van der Waals surface area contributed by atoms with E-state index >= 15 is 0 Å². The van der Waals surface area contributed by atoms with Crippen LogP contribution in [0, 0.1) is 107 Å². The number of hydrogen-bond donors (Lipinski definition) is 0. The van der Waals surface area contributed by atoms with Gasteiger partial charge >= 0.3 is 0 Å². The number of rotatable bonds is 6. The van der Waals surface area contributed by atoms with Gasteiger partial charge in [-0.1, -0.05) is 221 Å². The Morgan fingerprint density at radius 2 is 0.492 bits per heavy atom. The van der Waals surface area contributed by atoms with Gasteiger partial charge in [0.05, 0.1) is 29.4 Å². The zero-order valence-electron chi connectivity index (χ0n) is 77.6. The molecule has 12 aliphatic rings. The molecule has 0 nitrogen and oxygen atoms in total. The summed E-state index contributed by atoms with van der Waals surface area (Å²) < 4.78 is 0. The third-order valence-corrected chi connectivity index (χ3v) is 26.0. The molecular weight excluding hydrogens is 1660 g/mol. The van der Waals surface area contributed by atoms with Gasteiger partial charge in [-0.15, -0.1) is 174 Å². The van der Waals surface area contributed by atoms with Crippen LogP contribution in [0.25, 0.3) is 64.6 Å². The minimum atomic E-state index is 0. The van der Waals surface area contributed by atoms with Crippen molar-refractivity contribution in [3.63, 3.8) is 0 Å². The van der Waals surface area contributed by atoms with Crippen molar-refractivity contribution in [3.8, 4) is 0 Å². The van der Waals surface area contributed by atoms with Gasteiger partial charge in [-0.2, -0.15) is 96.6 Å². The summed E-state index contributed by atoms with van der Waals surface area (Å²) in [6, 6.07) is 103. The summed E-state index contributed by atoms with van der Waals surface area (Å²) in [7, 11) is 23.2. The summed E-state index contributed by atoms with van der Waals surface area (Å²) in [6.45, 7) is 38.8. The topological polar surface area (TPSA) is 0 Å². The van der Waals surface area contributed by atoms with Gasteiger partial charge in [0.2, 0.25) is 0 Å². The molecule has 0 spiro atoms. The second-order valence-electron chi connectivity index (χ2n) is 31.2. The minimum absolute atomic E-state index is 0. The minimum Gasteiger partial charge on any atom is -0.179 e. The summed E-state index contributed by atoms with van der Waals surface area (Å²) in [5, 5.41) is 16.2. The molecule has 12 aliphatic carbocycles. The molecule has 12 aromatic carbocycles. The first-order valence-electron chi connectivity index (χ1n) is 46.2. The van der Waals surface area contributed by atoms with Crippen LogP contribution in [0.4, 0.5) is 0 Å². The molecule has 12 fully saturated rings. The Morgan fingerprint density at radius 1 is 0.258 bits per heavy atom. The molecule has 24 rings (SSSR count). The van der Waals surface area contributed by atoms with Crippen molar-refractivity contribution < 1.29 is 98.1 Å². The largest absolute Gasteiger partial charge is 0.179 e. The SMILES string of the molecule is CC.CC.CC.CC.CC.CC.CC.CC.[B]C.[B][B]C.[B][B]C.[B][B]C.[Y].[Y].[Y].[c-]1cc2ccccc2cc1C1(c2[c-]ccc3ccccc23)C2CC3CC(C2)CC1C3.[c-]1ccc2ccccc2c1C1(c2[c-]c3ccccc3cc2)C2CC3CC(C2)CC1C3.[c-]1ccc2ccccc2c1C1(c2[c-]ccc3ccccc23)C2CC3CC(C2)CC1C3. The fourth-order valence-corrected chi connectivity index (χ4v) is 23.4. The van der Waals surface area contributed by atoms with Crippen LogP contribution in [0.1, 0.15) is 240 Å². The Balaban J connectivity index is 0.000000327. The summed E-state index contributed by atoms with van der Waals surface area (Å²) in [5.74, 6) is 9.91. The molecule has 0 heterocycles. The van der Waals surface area contributed by atoms with Crippen LogP contribution in [0.3, 0.4) is 0 Å². The van der Waals surface area contributed by atoms with Crippen LogP contribution in [0.5, 0.6) is 0 Å². The van der Waals surface area contributed by atoms with Crippen molar-refractivity contribution >= 4 is 117 Å². The Hall–Kier alpha value is -4.03. The van der Waals surface area contributed by atoms with Gasteiger partial charge in [0.15, 0.2) is 0 Å². The zero-order valence-corrected chi connectivity index (χ0v) is 86.1. The van der Waals surface area contributed by atoms with E-state index in [9.17, 15) is 0 Å². The smallest absolute Gasteiger partial charge is 0.0606 e. The van der Waals surface area contributed by atoms with Gasteiger partial charge < -0.3 is 0 Å². The summed E-state index contributed by atoms with van der Waals surface area (Å²) in [6.07, 6.45) is 21.0. The molecular formula is C110H138B7Y3-6. The zero-order chi connectivity index (χ0) is 85.2. The summed E-state index contributed by atoms with van der Waals surface area (Å²) in [4.78, 5) is 0. The fraction of sp³-hybridized carbons (Fsp3) is 0.455. The van der Waals surface area contributed by atoms with Gasteiger partial charge in [-0.05, 0) is 184 Å². The molecule has 10 heteroatoms. The maximum atomic E-state index is 4.72. The molecule has 12 saturated carbocycles. The van der Waals surface area contributed by atoms with E-state index in [4.69, 9.17) is 23.2 Å². The molecule has 14 radical (unpaired) electrons. The van der Waals surface area contributed by atoms with E-state index in [0.29, 0.717) is 35.5 Å². The van der Waals surface area contributed by atoms with Crippen molar-refractivity contribution in [2.75, 3.05) is 0 Å². The van der Waals surface area contributed by atoms with Gasteiger partial charge in [0.25, 0.3) is 0 Å². The Bertz CT molecular complexity index is 4460. The number of hydrogen-bond acceptors (Lipinski definition) is 0. The van der Waals surface area contributed by atoms with Crippen molar-refractivity contribution in [2.24, 2.45) is 71.0 Å². The first kappa shape index (κ1) is 108. The van der Waals surface area contributed by atoms with Crippen molar-refractivity contribution in [2.45, 2.75) is 251 Å². The van der Waals surface area contributed by atoms with Crippen molar-refractivity contribution in [3.05, 3.63) is 288 Å². The fourth-order valence-electron chi connectivity index (χ4n) is 23.4. The Morgan fingerprint density at radius 3 is 0.792 bits per heavy atom. The molecule has 0 unspecified atom stereocenters. The third kappa shape index (κ3) is 22.9. The molecule has 0 saturated heterocycles. The average molecular weight is 1800 g/mol. The predicted molar refractivity (Wildman–Crippen MR) is 525 cm³/mol. The molecule has 0 aromatic heterocycles. The normalized spacial score (nSPS) is 24.1. The second-order valence-corrected chi connectivity index (χ2v) is 31.2. The first-order valence-corrected chi connectivity index (χ1v) is 46.2. The van der Waals surface area contributed by atoms with Crippen LogP contribution in [0.15, 0.2) is 218 Å². The van der Waals surface area contributed by atoms with E-state index in [1.54, 1.807) is 20.5 Å². The maximum Gasteiger partial charge on any atom is 0.0606 e. The third-order valence-electron chi connectivity index (χ3n) is 26.0. The maximum absolute atomic E-state index is 4.72. The standard InChI is InChI=1S/3C30H26.8C2H6.3CH3B2.CH3B.3Y/c1-3-11-26-22(7-1)9-5-13-28(26)30(24-16-20-15-21(18-24)19-25(30)17-20)29-14-6-10-23-8-2-4-12-27(23)29;2*1-2-8-24-19-25(13-12-22(24)6-1)30(26-15-20-14-21(17-26)18-27(30)16-20)29-11-5-9-23-7-3-4-10-28(23)29;8*1-2;3*1-3-2;1-2;;;/h1-12,20-21,24-25H,15-19H2;1-10,12,19-21,26-27H,14-18H2;1-10,12-13,20-21,26-27H,14-18H2;8*1-2H3;3*1H3;1H3;;;/q3*-2;;;;;;;;;;;;;;;. The monoisotopic (exact) mass is 1800 g/mol. The Kier molecular flexibility index (Phi) is 50.1. The molecule has 0 aliphatic heterocycles. The predicted octanol–water partition coefficient (Wildman–Crippen LogP) is 29.9. The summed E-state index contributed by atoms with van der Waals surface area (Å²) in [5.41, 5.74) is 8.77. The van der Waals surface area contributed by atoms with E-state index in [2.05, 4.69) is 263 Å². The van der Waals surface area contributed by atoms with Crippen molar-refractivity contribution in [1.82, 2.24) is 0 Å². The number of benzene rings is 12. The molecule has 0 N–H and O–H groups in total. The van der Waals surface area contributed by atoms with E-state index in [1.165, 1.54) is 223 Å². The molecule has 614 valence electrons. The Labute approximate surface area is 816 Å². The molecule has 0 amide bonds. The van der Waals surface area contributed by atoms with E-state index < -0.39 is 0 Å². The van der Waals surface area contributed by atoms with Gasteiger partial charge in [0.1, 0.15) is 0 Å². The first-order chi connectivity index (χ1) is 57.7. The van der Waals surface area contributed by atoms with Gasteiger partial charge in [0, 0.05) is 121 Å². The summed E-state index contributed by atoms with van der Waals surface area (Å²) >= 11 is 0. The molecule has 12 bridgehead atoms. The van der Waals surface area contributed by atoms with E-state index in [0.717, 1.165) is 35.5 Å². The van der Waals surface area contributed by atoms with Crippen LogP contribution in [0.2, 0.25) is 27.3 Å². The average Bonchev–Trinajstić information content (AvgIpc) is 0.705. The molecule has 12 aromatic rings. The van der Waals surface area contributed by atoms with Gasteiger partial charge in [-0.3, -0.25) is 0 Å². The second kappa shape index (κ2) is 55.5. The van der Waals surface area contributed by atoms with Gasteiger partial charge in [-0.25, -0.2) is 0 Å². The molecule has 0 atom stereocenters. The van der Waals surface area contributed by atoms with Crippen LogP contribution >= 0.6 is 0 Å². The van der Waals surface area contributed by atoms with E-state index in [1.807, 2.05) is 111 Å².